The molecule has 1 saturated carbocycles. The molecule has 22 heavy (non-hydrogen) atoms. The molecule has 0 unspecified atom stereocenters. The van der Waals surface area contributed by atoms with E-state index in [1.54, 1.807) is 0 Å². The Labute approximate surface area is 131 Å². The van der Waals surface area contributed by atoms with Crippen molar-refractivity contribution in [3.63, 3.8) is 0 Å². The summed E-state index contributed by atoms with van der Waals surface area (Å²) >= 11 is 0. The predicted octanol–water partition coefficient (Wildman–Crippen LogP) is 0.789. The lowest BCUT2D eigenvalue weighted by Gasteiger charge is -2.55. The molecule has 0 heterocycles. The molecule has 8 heteroatoms. The second-order valence-corrected chi connectivity index (χ2v) is 9.67. The highest BCUT2D eigenvalue weighted by Crippen LogP contribution is 2.56. The first-order chi connectivity index (χ1) is 10.2. The maximum Gasteiger partial charge on any atom is 0.264 e. The molecule has 6 atom stereocenters. The fraction of sp³-hybridized carbons (Fsp3) is 0.714. The van der Waals surface area contributed by atoms with Gasteiger partial charge in [-0.25, -0.2) is 0 Å². The summed E-state index contributed by atoms with van der Waals surface area (Å²) in [5, 5.41) is 0. The van der Waals surface area contributed by atoms with Crippen LogP contribution in [0, 0.1) is 35.5 Å². The molecule has 124 valence electrons. The lowest BCUT2D eigenvalue weighted by atomic mass is 9.50. The van der Waals surface area contributed by atoms with Crippen molar-refractivity contribution in [1.82, 2.24) is 0 Å². The summed E-state index contributed by atoms with van der Waals surface area (Å²) in [7, 11) is -7.04. The first kappa shape index (κ1) is 16.2. The van der Waals surface area contributed by atoms with Gasteiger partial charge in [0.1, 0.15) is 0 Å². The van der Waals surface area contributed by atoms with Gasteiger partial charge in [0, 0.05) is 0 Å². The van der Waals surface area contributed by atoms with E-state index in [2.05, 4.69) is 24.3 Å². The van der Waals surface area contributed by atoms with Crippen molar-refractivity contribution < 1.29 is 25.2 Å². The highest BCUT2D eigenvalue weighted by atomic mass is 32.2. The molecule has 0 aromatic heterocycles. The standard InChI is InChI=1S/C14H20O6S2/c1-21(15,16)19-7-13-11-5-6-12(10-4-3-9(10)11)14(13)8-20-22(2,17)18/h3-6,9-14H,7-8H2,1-2H3/t9-,10+,11-,12-,13+,14+/m0/s1. The molecule has 6 nitrogen and oxygen atoms in total. The van der Waals surface area contributed by atoms with Crippen LogP contribution in [-0.2, 0) is 28.6 Å². The molecule has 0 N–H and O–H groups in total. The normalized spacial score (nSPS) is 39.5. The molecule has 1 fully saturated rings. The minimum atomic E-state index is -3.52. The van der Waals surface area contributed by atoms with Gasteiger partial charge < -0.3 is 0 Å². The predicted molar refractivity (Wildman–Crippen MR) is 80.8 cm³/mol. The SMILES string of the molecule is CS(=O)(=O)OC[C@@H]1[C@H]2C=C[C@@H]([C@H]3C=C[C@H]32)[C@H]1COS(C)(=O)=O. The van der Waals surface area contributed by atoms with Crippen LogP contribution in [-0.4, -0.2) is 42.6 Å². The van der Waals surface area contributed by atoms with Crippen molar-refractivity contribution in [2.75, 3.05) is 25.7 Å². The number of hydrogen-bond donors (Lipinski definition) is 0. The van der Waals surface area contributed by atoms with Crippen LogP contribution in [0.4, 0.5) is 0 Å². The van der Waals surface area contributed by atoms with E-state index in [4.69, 9.17) is 8.37 Å². The van der Waals surface area contributed by atoms with E-state index < -0.39 is 20.2 Å². The number of allylic oxidation sites excluding steroid dienone is 4. The minimum absolute atomic E-state index is 0.0577. The smallest absolute Gasteiger partial charge is 0.264 e. The van der Waals surface area contributed by atoms with E-state index in [1.165, 1.54) is 0 Å². The summed E-state index contributed by atoms with van der Waals surface area (Å²) in [5.41, 5.74) is 0. The first-order valence-corrected chi connectivity index (χ1v) is 10.8. The molecular formula is C14H20O6S2. The topological polar surface area (TPSA) is 86.7 Å². The number of fused-ring (bicyclic) bond motifs is 1. The Hall–Kier alpha value is -0.700. The van der Waals surface area contributed by atoms with Crippen LogP contribution in [0.1, 0.15) is 0 Å². The van der Waals surface area contributed by atoms with Gasteiger partial charge >= 0.3 is 0 Å². The average molecular weight is 348 g/mol. The van der Waals surface area contributed by atoms with E-state index in [0.717, 1.165) is 12.5 Å². The first-order valence-electron chi connectivity index (χ1n) is 7.21. The molecule has 4 aliphatic carbocycles. The monoisotopic (exact) mass is 348 g/mol. The van der Waals surface area contributed by atoms with Crippen molar-refractivity contribution >= 4 is 20.2 Å². The Kier molecular flexibility index (Phi) is 3.99. The van der Waals surface area contributed by atoms with E-state index in [9.17, 15) is 16.8 Å². The summed E-state index contributed by atoms with van der Waals surface area (Å²) in [5.74, 6) is 1.04. The van der Waals surface area contributed by atoms with E-state index in [0.29, 0.717) is 11.8 Å². The van der Waals surface area contributed by atoms with Crippen LogP contribution >= 0.6 is 0 Å². The van der Waals surface area contributed by atoms with Gasteiger partial charge in [0.05, 0.1) is 25.7 Å². The van der Waals surface area contributed by atoms with Crippen molar-refractivity contribution in [1.29, 1.82) is 0 Å². The fourth-order valence-corrected chi connectivity index (χ4v) is 4.76. The van der Waals surface area contributed by atoms with E-state index >= 15 is 0 Å². The molecule has 0 amide bonds. The molecule has 0 aromatic carbocycles. The molecule has 0 saturated heterocycles. The maximum absolute atomic E-state index is 11.3. The van der Waals surface area contributed by atoms with Crippen molar-refractivity contribution in [3.05, 3.63) is 24.3 Å². The van der Waals surface area contributed by atoms with Crippen molar-refractivity contribution in [2.45, 2.75) is 0 Å². The van der Waals surface area contributed by atoms with Gasteiger partial charge in [-0.1, -0.05) is 24.3 Å². The molecule has 0 aliphatic heterocycles. The Morgan fingerprint density at radius 1 is 0.682 bits per heavy atom. The van der Waals surface area contributed by atoms with Gasteiger partial charge in [0.2, 0.25) is 0 Å². The molecule has 0 aromatic rings. The summed E-state index contributed by atoms with van der Waals surface area (Å²) in [6, 6.07) is 0. The van der Waals surface area contributed by atoms with Gasteiger partial charge in [-0.3, -0.25) is 8.37 Å². The largest absolute Gasteiger partial charge is 0.270 e. The third-order valence-electron chi connectivity index (χ3n) is 4.93. The third kappa shape index (κ3) is 3.15. The summed E-state index contributed by atoms with van der Waals surface area (Å²) in [6.45, 7) is 0.137. The Morgan fingerprint density at radius 3 is 1.27 bits per heavy atom. The molecule has 0 spiro atoms. The summed E-state index contributed by atoms with van der Waals surface area (Å²) in [6.07, 6.45) is 10.6. The van der Waals surface area contributed by atoms with Gasteiger partial charge in [-0.2, -0.15) is 16.8 Å². The van der Waals surface area contributed by atoms with Crippen molar-refractivity contribution in [3.8, 4) is 0 Å². The average Bonchev–Trinajstić information content (AvgIpc) is 2.32. The molecule has 0 radical (unpaired) electrons. The third-order valence-corrected chi connectivity index (χ3v) is 6.06. The van der Waals surface area contributed by atoms with Crippen LogP contribution in [0.5, 0.6) is 0 Å². The van der Waals surface area contributed by atoms with Crippen LogP contribution < -0.4 is 0 Å². The highest BCUT2D eigenvalue weighted by molar-refractivity contribution is 7.86. The fourth-order valence-electron chi connectivity index (χ4n) is 3.95. The number of hydrogen-bond acceptors (Lipinski definition) is 6. The van der Waals surface area contributed by atoms with Gasteiger partial charge in [0.25, 0.3) is 20.2 Å². The highest BCUT2D eigenvalue weighted by Gasteiger charge is 2.52. The molecular weight excluding hydrogens is 328 g/mol. The van der Waals surface area contributed by atoms with E-state index in [-0.39, 0.29) is 36.9 Å². The zero-order chi connectivity index (χ0) is 16.1. The van der Waals surface area contributed by atoms with Crippen molar-refractivity contribution in [2.24, 2.45) is 35.5 Å². The van der Waals surface area contributed by atoms with Gasteiger partial charge in [-0.05, 0) is 35.5 Å². The van der Waals surface area contributed by atoms with Crippen LogP contribution in [0.25, 0.3) is 0 Å². The van der Waals surface area contributed by atoms with Gasteiger partial charge in [-0.15, -0.1) is 0 Å². The molecule has 4 rings (SSSR count). The lowest BCUT2D eigenvalue weighted by molar-refractivity contribution is -0.0113. The van der Waals surface area contributed by atoms with Gasteiger partial charge in [0.15, 0.2) is 0 Å². The second kappa shape index (κ2) is 5.43. The maximum atomic E-state index is 11.3. The Morgan fingerprint density at radius 2 is 1.00 bits per heavy atom. The lowest BCUT2D eigenvalue weighted by Crippen LogP contribution is -2.52. The zero-order valence-electron chi connectivity index (χ0n) is 12.5. The zero-order valence-corrected chi connectivity index (χ0v) is 14.1. The van der Waals surface area contributed by atoms with Crippen LogP contribution in [0.15, 0.2) is 24.3 Å². The number of rotatable bonds is 6. The Balaban J connectivity index is 1.80. The minimum Gasteiger partial charge on any atom is -0.270 e. The molecule has 2 bridgehead atoms. The van der Waals surface area contributed by atoms with E-state index in [1.807, 2.05) is 0 Å². The molecule has 4 aliphatic rings. The summed E-state index contributed by atoms with van der Waals surface area (Å²) in [4.78, 5) is 0. The second-order valence-electron chi connectivity index (χ2n) is 6.38. The quantitative estimate of drug-likeness (QED) is 0.521. The summed E-state index contributed by atoms with van der Waals surface area (Å²) < 4.78 is 55.1. The Bertz CT molecular complexity index is 646. The van der Waals surface area contributed by atoms with Crippen LogP contribution in [0.2, 0.25) is 0 Å². The van der Waals surface area contributed by atoms with Crippen LogP contribution in [0.3, 0.4) is 0 Å².